The molecule has 0 unspecified atom stereocenters. The standard InChI is InChI=1S/C6H3F3.C5H10O2/c7-4-1-5(8)3-6(9)2-4;1-2-3-4-5(6)7/h1-3H;2-4H2,1H3,(H,6,7). The van der Waals surface area contributed by atoms with Gasteiger partial charge < -0.3 is 5.11 Å². The summed E-state index contributed by atoms with van der Waals surface area (Å²) in [6.07, 6.45) is 2.08. The monoisotopic (exact) mass is 234 g/mol. The Hall–Kier alpha value is -1.52. The van der Waals surface area contributed by atoms with Crippen molar-refractivity contribution >= 4 is 5.97 Å². The predicted molar refractivity (Wildman–Crippen MR) is 53.5 cm³/mol. The Bertz CT molecular complexity index is 290. The van der Waals surface area contributed by atoms with E-state index in [9.17, 15) is 18.0 Å². The summed E-state index contributed by atoms with van der Waals surface area (Å²) in [7, 11) is 0. The second kappa shape index (κ2) is 7.73. The number of benzene rings is 1. The largest absolute Gasteiger partial charge is 0.481 e. The average molecular weight is 234 g/mol. The van der Waals surface area contributed by atoms with Crippen LogP contribution in [0, 0.1) is 17.5 Å². The summed E-state index contributed by atoms with van der Waals surface area (Å²) in [5, 5.41) is 8.04. The number of hydrogen-bond acceptors (Lipinski definition) is 1. The van der Waals surface area contributed by atoms with Crippen LogP contribution in [0.5, 0.6) is 0 Å². The van der Waals surface area contributed by atoms with Crippen LogP contribution in [-0.2, 0) is 4.79 Å². The predicted octanol–water partition coefficient (Wildman–Crippen LogP) is 3.37. The molecule has 0 radical (unpaired) electrons. The first-order chi connectivity index (χ1) is 7.45. The number of hydrogen-bond donors (Lipinski definition) is 1. The Kier molecular flexibility index (Phi) is 7.00. The van der Waals surface area contributed by atoms with Gasteiger partial charge in [0.25, 0.3) is 0 Å². The van der Waals surface area contributed by atoms with Crippen LogP contribution in [0.2, 0.25) is 0 Å². The maximum Gasteiger partial charge on any atom is 0.303 e. The lowest BCUT2D eigenvalue weighted by Crippen LogP contribution is -1.91. The molecule has 0 fully saturated rings. The fourth-order valence-electron chi connectivity index (χ4n) is 0.848. The summed E-state index contributed by atoms with van der Waals surface area (Å²) in [6, 6.07) is 1.84. The van der Waals surface area contributed by atoms with Gasteiger partial charge in [0.05, 0.1) is 0 Å². The van der Waals surface area contributed by atoms with Crippen molar-refractivity contribution in [1.29, 1.82) is 0 Å². The molecule has 0 heterocycles. The summed E-state index contributed by atoms with van der Waals surface area (Å²) in [6.45, 7) is 1.98. The molecular formula is C11H13F3O2. The molecule has 0 aliphatic heterocycles. The molecule has 0 amide bonds. The zero-order valence-electron chi connectivity index (χ0n) is 8.84. The van der Waals surface area contributed by atoms with E-state index in [0.717, 1.165) is 12.8 Å². The second-order valence-electron chi connectivity index (χ2n) is 3.08. The van der Waals surface area contributed by atoms with Crippen LogP contribution < -0.4 is 0 Å². The molecule has 5 heteroatoms. The molecule has 0 bridgehead atoms. The van der Waals surface area contributed by atoms with Crippen LogP contribution in [0.3, 0.4) is 0 Å². The third-order valence-electron chi connectivity index (χ3n) is 1.57. The van der Waals surface area contributed by atoms with Gasteiger partial charge in [0.1, 0.15) is 17.5 Å². The highest BCUT2D eigenvalue weighted by atomic mass is 19.1. The fraction of sp³-hybridized carbons (Fsp3) is 0.364. The maximum absolute atomic E-state index is 11.9. The maximum atomic E-state index is 11.9. The quantitative estimate of drug-likeness (QED) is 0.870. The molecule has 1 rings (SSSR count). The lowest BCUT2D eigenvalue weighted by molar-refractivity contribution is -0.137. The third kappa shape index (κ3) is 7.84. The van der Waals surface area contributed by atoms with Crippen molar-refractivity contribution in [1.82, 2.24) is 0 Å². The Morgan fingerprint density at radius 1 is 1.12 bits per heavy atom. The number of unbranched alkanes of at least 4 members (excludes halogenated alkanes) is 1. The summed E-state index contributed by atoms with van der Waals surface area (Å²) in [5.41, 5.74) is 0. The highest BCUT2D eigenvalue weighted by molar-refractivity contribution is 5.66. The van der Waals surface area contributed by atoms with Crippen LogP contribution in [0.15, 0.2) is 18.2 Å². The van der Waals surface area contributed by atoms with E-state index in [4.69, 9.17) is 5.11 Å². The van der Waals surface area contributed by atoms with E-state index in [1.165, 1.54) is 0 Å². The van der Waals surface area contributed by atoms with Crippen molar-refractivity contribution in [3.05, 3.63) is 35.7 Å². The Labute approximate surface area is 91.7 Å². The van der Waals surface area contributed by atoms with E-state index < -0.39 is 23.4 Å². The van der Waals surface area contributed by atoms with Crippen molar-refractivity contribution in [3.63, 3.8) is 0 Å². The lowest BCUT2D eigenvalue weighted by Gasteiger charge is -1.88. The number of carboxylic acids is 1. The van der Waals surface area contributed by atoms with E-state index in [1.807, 2.05) is 6.92 Å². The van der Waals surface area contributed by atoms with Crippen LogP contribution in [-0.4, -0.2) is 11.1 Å². The van der Waals surface area contributed by atoms with Gasteiger partial charge in [0.2, 0.25) is 0 Å². The van der Waals surface area contributed by atoms with Gasteiger partial charge in [-0.05, 0) is 6.42 Å². The average Bonchev–Trinajstić information content (AvgIpc) is 2.13. The van der Waals surface area contributed by atoms with Crippen LogP contribution in [0.1, 0.15) is 26.2 Å². The molecule has 0 saturated carbocycles. The van der Waals surface area contributed by atoms with Gasteiger partial charge in [0.15, 0.2) is 0 Å². The SMILES string of the molecule is CCCCC(=O)O.Fc1cc(F)cc(F)c1. The van der Waals surface area contributed by atoms with E-state index >= 15 is 0 Å². The second-order valence-corrected chi connectivity index (χ2v) is 3.08. The zero-order valence-corrected chi connectivity index (χ0v) is 8.84. The van der Waals surface area contributed by atoms with Crippen molar-refractivity contribution < 1.29 is 23.1 Å². The van der Waals surface area contributed by atoms with Crippen molar-refractivity contribution in [2.24, 2.45) is 0 Å². The van der Waals surface area contributed by atoms with Crippen molar-refractivity contribution in [3.8, 4) is 0 Å². The minimum absolute atomic E-state index is 0.316. The highest BCUT2D eigenvalue weighted by Crippen LogP contribution is 2.04. The van der Waals surface area contributed by atoms with E-state index in [1.54, 1.807) is 0 Å². The fourth-order valence-corrected chi connectivity index (χ4v) is 0.848. The molecule has 0 saturated heterocycles. The van der Waals surface area contributed by atoms with E-state index in [0.29, 0.717) is 24.6 Å². The number of rotatable bonds is 3. The van der Waals surface area contributed by atoms with Gasteiger partial charge >= 0.3 is 5.97 Å². The lowest BCUT2D eigenvalue weighted by atomic mass is 10.3. The van der Waals surface area contributed by atoms with Crippen molar-refractivity contribution in [2.75, 3.05) is 0 Å². The minimum Gasteiger partial charge on any atom is -0.481 e. The molecule has 2 nitrogen and oxygen atoms in total. The molecule has 1 N–H and O–H groups in total. The van der Waals surface area contributed by atoms with Crippen LogP contribution in [0.25, 0.3) is 0 Å². The summed E-state index contributed by atoms with van der Waals surface area (Å²) in [5.74, 6) is -3.38. The summed E-state index contributed by atoms with van der Waals surface area (Å²) >= 11 is 0. The van der Waals surface area contributed by atoms with E-state index in [-0.39, 0.29) is 0 Å². The Morgan fingerprint density at radius 3 is 1.69 bits per heavy atom. The normalized spacial score (nSPS) is 9.25. The molecule has 0 atom stereocenters. The number of halogens is 3. The molecule has 0 spiro atoms. The first kappa shape index (κ1) is 14.5. The molecule has 1 aromatic rings. The first-order valence-corrected chi connectivity index (χ1v) is 4.79. The first-order valence-electron chi connectivity index (χ1n) is 4.79. The number of aliphatic carboxylic acids is 1. The van der Waals surface area contributed by atoms with Gasteiger partial charge in [-0.3, -0.25) is 4.79 Å². The number of carbonyl (C=O) groups is 1. The van der Waals surface area contributed by atoms with Crippen molar-refractivity contribution in [2.45, 2.75) is 26.2 Å². The molecular weight excluding hydrogens is 221 g/mol. The highest BCUT2D eigenvalue weighted by Gasteiger charge is 1.96. The molecule has 0 aliphatic rings. The summed E-state index contributed by atoms with van der Waals surface area (Å²) in [4.78, 5) is 9.76. The van der Waals surface area contributed by atoms with Gasteiger partial charge in [-0.2, -0.15) is 0 Å². The molecule has 1 aromatic carbocycles. The Morgan fingerprint density at radius 2 is 1.50 bits per heavy atom. The third-order valence-corrected chi connectivity index (χ3v) is 1.57. The minimum atomic E-state index is -0.896. The molecule has 16 heavy (non-hydrogen) atoms. The van der Waals surface area contributed by atoms with Gasteiger partial charge in [-0.25, -0.2) is 13.2 Å². The molecule has 0 aliphatic carbocycles. The van der Waals surface area contributed by atoms with Crippen LogP contribution in [0.4, 0.5) is 13.2 Å². The van der Waals surface area contributed by atoms with Gasteiger partial charge in [-0.1, -0.05) is 13.3 Å². The Balaban J connectivity index is 0.000000293. The van der Waals surface area contributed by atoms with Gasteiger partial charge in [-0.15, -0.1) is 0 Å². The topological polar surface area (TPSA) is 37.3 Å². The zero-order chi connectivity index (χ0) is 12.6. The summed E-state index contributed by atoms with van der Waals surface area (Å²) < 4.78 is 35.8. The smallest absolute Gasteiger partial charge is 0.303 e. The van der Waals surface area contributed by atoms with Gasteiger partial charge in [0, 0.05) is 24.6 Å². The molecule has 90 valence electrons. The van der Waals surface area contributed by atoms with Crippen LogP contribution >= 0.6 is 0 Å². The molecule has 0 aromatic heterocycles. The van der Waals surface area contributed by atoms with E-state index in [2.05, 4.69) is 0 Å². The number of carboxylic acid groups (broad SMARTS) is 1.